The van der Waals surface area contributed by atoms with Crippen LogP contribution in [0.25, 0.3) is 0 Å². The van der Waals surface area contributed by atoms with Gasteiger partial charge in [0.1, 0.15) is 6.04 Å². The molecule has 2 aliphatic rings. The van der Waals surface area contributed by atoms with E-state index in [4.69, 9.17) is 0 Å². The molecule has 2 amide bonds. The molecule has 2 heterocycles. The zero-order valence-corrected chi connectivity index (χ0v) is 12.3. The third-order valence-corrected chi connectivity index (χ3v) is 4.32. The second-order valence-corrected chi connectivity index (χ2v) is 5.74. The van der Waals surface area contributed by atoms with Crippen molar-refractivity contribution >= 4 is 17.5 Å². The Morgan fingerprint density at radius 3 is 2.57 bits per heavy atom. The van der Waals surface area contributed by atoms with Crippen molar-refractivity contribution in [3.8, 4) is 0 Å². The fourth-order valence-electron chi connectivity index (χ4n) is 3.12. The number of rotatable bonds is 1. The van der Waals surface area contributed by atoms with Gasteiger partial charge in [0.15, 0.2) is 0 Å². The molecular weight excluding hydrogens is 266 g/mol. The SMILES string of the molecule is CC(=O)N1CCCN(C(=O)C2Cc3ccccc3N2)CC1. The van der Waals surface area contributed by atoms with Crippen LogP contribution in [-0.4, -0.2) is 53.8 Å². The van der Waals surface area contributed by atoms with Crippen molar-refractivity contribution in [2.45, 2.75) is 25.8 Å². The van der Waals surface area contributed by atoms with Crippen LogP contribution in [-0.2, 0) is 16.0 Å². The van der Waals surface area contributed by atoms with E-state index in [1.54, 1.807) is 6.92 Å². The van der Waals surface area contributed by atoms with Crippen LogP contribution in [0.4, 0.5) is 5.69 Å². The zero-order valence-electron chi connectivity index (χ0n) is 12.3. The average Bonchev–Trinajstić information content (AvgIpc) is 2.75. The molecule has 1 atom stereocenters. The summed E-state index contributed by atoms with van der Waals surface area (Å²) in [5.41, 5.74) is 2.27. The molecular formula is C16H21N3O2. The Morgan fingerprint density at radius 2 is 1.81 bits per heavy atom. The molecule has 2 aliphatic heterocycles. The lowest BCUT2D eigenvalue weighted by Crippen LogP contribution is -2.44. The Bertz CT molecular complexity index is 533. The number of benzene rings is 1. The van der Waals surface area contributed by atoms with E-state index >= 15 is 0 Å². The summed E-state index contributed by atoms with van der Waals surface area (Å²) in [5.74, 6) is 0.243. The van der Waals surface area contributed by atoms with Crippen LogP contribution in [0.2, 0.25) is 0 Å². The maximum Gasteiger partial charge on any atom is 0.245 e. The molecule has 1 aromatic carbocycles. The van der Waals surface area contributed by atoms with Gasteiger partial charge < -0.3 is 15.1 Å². The maximum atomic E-state index is 12.7. The number of nitrogens with zero attached hydrogens (tertiary/aromatic N) is 2. The van der Waals surface area contributed by atoms with Crippen molar-refractivity contribution in [3.63, 3.8) is 0 Å². The van der Waals surface area contributed by atoms with Crippen molar-refractivity contribution in [3.05, 3.63) is 29.8 Å². The summed E-state index contributed by atoms with van der Waals surface area (Å²) in [4.78, 5) is 27.8. The molecule has 0 bridgehead atoms. The van der Waals surface area contributed by atoms with Crippen LogP contribution in [0, 0.1) is 0 Å². The molecule has 1 aromatic rings. The zero-order chi connectivity index (χ0) is 14.8. The molecule has 5 nitrogen and oxygen atoms in total. The summed E-state index contributed by atoms with van der Waals surface area (Å²) in [7, 11) is 0. The summed E-state index contributed by atoms with van der Waals surface area (Å²) in [6, 6.07) is 7.91. The van der Waals surface area contributed by atoms with Crippen LogP contribution in [0.3, 0.4) is 0 Å². The number of nitrogens with one attached hydrogen (secondary N) is 1. The smallest absolute Gasteiger partial charge is 0.245 e. The van der Waals surface area contributed by atoms with Gasteiger partial charge in [0.2, 0.25) is 11.8 Å². The quantitative estimate of drug-likeness (QED) is 0.841. The molecule has 112 valence electrons. The van der Waals surface area contributed by atoms with Crippen molar-refractivity contribution in [2.24, 2.45) is 0 Å². The van der Waals surface area contributed by atoms with E-state index in [9.17, 15) is 9.59 Å². The summed E-state index contributed by atoms with van der Waals surface area (Å²) in [5, 5.41) is 3.31. The topological polar surface area (TPSA) is 52.7 Å². The lowest BCUT2D eigenvalue weighted by molar-refractivity contribution is -0.133. The first-order chi connectivity index (χ1) is 10.1. The van der Waals surface area contributed by atoms with Crippen LogP contribution in [0.1, 0.15) is 18.9 Å². The fourth-order valence-corrected chi connectivity index (χ4v) is 3.12. The highest BCUT2D eigenvalue weighted by Crippen LogP contribution is 2.26. The van der Waals surface area contributed by atoms with Gasteiger partial charge in [-0.1, -0.05) is 18.2 Å². The number of para-hydroxylation sites is 1. The Balaban J connectivity index is 1.63. The van der Waals surface area contributed by atoms with E-state index in [1.165, 1.54) is 5.56 Å². The summed E-state index contributed by atoms with van der Waals surface area (Å²) in [6.07, 6.45) is 1.60. The number of hydrogen-bond acceptors (Lipinski definition) is 3. The van der Waals surface area contributed by atoms with E-state index in [-0.39, 0.29) is 17.9 Å². The van der Waals surface area contributed by atoms with Gasteiger partial charge in [0.05, 0.1) is 0 Å². The van der Waals surface area contributed by atoms with Crippen LogP contribution >= 0.6 is 0 Å². The molecule has 0 aliphatic carbocycles. The van der Waals surface area contributed by atoms with E-state index < -0.39 is 0 Å². The fraction of sp³-hybridized carbons (Fsp3) is 0.500. The second-order valence-electron chi connectivity index (χ2n) is 5.74. The summed E-state index contributed by atoms with van der Waals surface area (Å²) >= 11 is 0. The van der Waals surface area contributed by atoms with Gasteiger partial charge in [0, 0.05) is 45.2 Å². The van der Waals surface area contributed by atoms with Crippen LogP contribution in [0.15, 0.2) is 24.3 Å². The predicted molar refractivity (Wildman–Crippen MR) is 81.0 cm³/mol. The Labute approximate surface area is 124 Å². The molecule has 1 N–H and O–H groups in total. The molecule has 3 rings (SSSR count). The number of amides is 2. The highest BCUT2D eigenvalue weighted by molar-refractivity contribution is 5.87. The maximum absolute atomic E-state index is 12.7. The average molecular weight is 287 g/mol. The van der Waals surface area contributed by atoms with Crippen molar-refractivity contribution in [2.75, 3.05) is 31.5 Å². The Hall–Kier alpha value is -2.04. The van der Waals surface area contributed by atoms with Gasteiger partial charge in [-0.3, -0.25) is 9.59 Å². The molecule has 1 fully saturated rings. The highest BCUT2D eigenvalue weighted by Gasteiger charge is 2.31. The first kappa shape index (κ1) is 13.9. The van der Waals surface area contributed by atoms with Gasteiger partial charge in [-0.25, -0.2) is 0 Å². The summed E-state index contributed by atoms with van der Waals surface area (Å²) < 4.78 is 0. The van der Waals surface area contributed by atoms with Gasteiger partial charge in [-0.2, -0.15) is 0 Å². The normalized spacial score (nSPS) is 21.5. The minimum atomic E-state index is -0.161. The molecule has 5 heteroatoms. The van der Waals surface area contributed by atoms with Gasteiger partial charge in [-0.05, 0) is 18.1 Å². The first-order valence-electron chi connectivity index (χ1n) is 7.54. The molecule has 1 unspecified atom stereocenters. The van der Waals surface area contributed by atoms with Gasteiger partial charge in [0.25, 0.3) is 0 Å². The van der Waals surface area contributed by atoms with E-state index in [1.807, 2.05) is 28.0 Å². The standard InChI is InChI=1S/C16H21N3O2/c1-12(20)18-7-4-8-19(10-9-18)16(21)15-11-13-5-2-3-6-14(13)17-15/h2-3,5-6,15,17H,4,7-11H2,1H3. The number of carbonyl (C=O) groups is 2. The number of anilines is 1. The first-order valence-corrected chi connectivity index (χ1v) is 7.54. The van der Waals surface area contributed by atoms with E-state index in [0.717, 1.165) is 31.6 Å². The Kier molecular flexibility index (Phi) is 3.82. The summed E-state index contributed by atoms with van der Waals surface area (Å²) in [6.45, 7) is 4.34. The molecule has 0 aromatic heterocycles. The van der Waals surface area contributed by atoms with Gasteiger partial charge >= 0.3 is 0 Å². The van der Waals surface area contributed by atoms with Crippen molar-refractivity contribution in [1.29, 1.82) is 0 Å². The van der Waals surface area contributed by atoms with Crippen molar-refractivity contribution in [1.82, 2.24) is 9.80 Å². The molecule has 21 heavy (non-hydrogen) atoms. The van der Waals surface area contributed by atoms with Gasteiger partial charge in [-0.15, -0.1) is 0 Å². The predicted octanol–water partition coefficient (Wildman–Crippen LogP) is 1.10. The lowest BCUT2D eigenvalue weighted by atomic mass is 10.1. The molecule has 0 saturated carbocycles. The second kappa shape index (κ2) is 5.76. The largest absolute Gasteiger partial charge is 0.373 e. The number of hydrogen-bond donors (Lipinski definition) is 1. The van der Waals surface area contributed by atoms with Crippen LogP contribution < -0.4 is 5.32 Å². The number of fused-ring (bicyclic) bond motifs is 1. The molecule has 0 spiro atoms. The lowest BCUT2D eigenvalue weighted by Gasteiger charge is -2.24. The van der Waals surface area contributed by atoms with Crippen LogP contribution in [0.5, 0.6) is 0 Å². The van der Waals surface area contributed by atoms with E-state index in [0.29, 0.717) is 13.1 Å². The highest BCUT2D eigenvalue weighted by atomic mass is 16.2. The van der Waals surface area contributed by atoms with E-state index in [2.05, 4.69) is 11.4 Å². The van der Waals surface area contributed by atoms with Crippen molar-refractivity contribution < 1.29 is 9.59 Å². The minimum Gasteiger partial charge on any atom is -0.373 e. The number of carbonyl (C=O) groups excluding carboxylic acids is 2. The third-order valence-electron chi connectivity index (χ3n) is 4.32. The minimum absolute atomic E-state index is 0.0932. The molecule has 1 saturated heterocycles. The molecule has 0 radical (unpaired) electrons. The monoisotopic (exact) mass is 287 g/mol. The Morgan fingerprint density at radius 1 is 1.10 bits per heavy atom. The third kappa shape index (κ3) is 2.86.